The van der Waals surface area contributed by atoms with E-state index in [0.717, 1.165) is 23.6 Å². The van der Waals surface area contributed by atoms with Gasteiger partial charge in [0.05, 0.1) is 0 Å². The van der Waals surface area contributed by atoms with Crippen molar-refractivity contribution in [1.82, 2.24) is 0 Å². The second-order valence-electron chi connectivity index (χ2n) is 3.81. The number of rotatable bonds is 1. The van der Waals surface area contributed by atoms with Gasteiger partial charge in [0.1, 0.15) is 0 Å². The summed E-state index contributed by atoms with van der Waals surface area (Å²) in [5.41, 5.74) is 0. The average Bonchev–Trinajstić information content (AvgIpc) is 1.94. The Kier molecular flexibility index (Phi) is 3.03. The van der Waals surface area contributed by atoms with Crippen LogP contribution in [0.1, 0.15) is 33.1 Å². The molecule has 0 aromatic heterocycles. The van der Waals surface area contributed by atoms with Gasteiger partial charge in [-0.15, -0.1) is 11.6 Å². The number of alkyl halides is 1. The van der Waals surface area contributed by atoms with E-state index in [1.54, 1.807) is 0 Å². The van der Waals surface area contributed by atoms with Crippen LogP contribution in [0.3, 0.4) is 0 Å². The van der Waals surface area contributed by atoms with Gasteiger partial charge in [-0.25, -0.2) is 0 Å². The van der Waals surface area contributed by atoms with Crippen molar-refractivity contribution >= 4 is 11.6 Å². The molecule has 0 radical (unpaired) electrons. The summed E-state index contributed by atoms with van der Waals surface area (Å²) < 4.78 is 0. The minimum Gasteiger partial charge on any atom is -0.126 e. The molecular formula is C9H17Cl. The van der Waals surface area contributed by atoms with Crippen molar-refractivity contribution in [3.8, 4) is 0 Å². The summed E-state index contributed by atoms with van der Waals surface area (Å²) in [4.78, 5) is 0. The van der Waals surface area contributed by atoms with Gasteiger partial charge in [-0.2, -0.15) is 0 Å². The van der Waals surface area contributed by atoms with Crippen molar-refractivity contribution in [1.29, 1.82) is 0 Å². The second kappa shape index (κ2) is 3.61. The van der Waals surface area contributed by atoms with Crippen LogP contribution < -0.4 is 0 Å². The fourth-order valence-corrected chi connectivity index (χ4v) is 2.30. The van der Waals surface area contributed by atoms with Gasteiger partial charge in [0.25, 0.3) is 0 Å². The van der Waals surface area contributed by atoms with Gasteiger partial charge in [0.15, 0.2) is 0 Å². The molecule has 1 aliphatic carbocycles. The predicted molar refractivity (Wildman–Crippen MR) is 46.4 cm³/mol. The zero-order valence-electron chi connectivity index (χ0n) is 6.94. The predicted octanol–water partition coefficient (Wildman–Crippen LogP) is 3.30. The van der Waals surface area contributed by atoms with Crippen LogP contribution in [-0.2, 0) is 0 Å². The van der Waals surface area contributed by atoms with E-state index >= 15 is 0 Å². The van der Waals surface area contributed by atoms with Gasteiger partial charge in [0, 0.05) is 5.88 Å². The lowest BCUT2D eigenvalue weighted by atomic mass is 9.76. The Labute approximate surface area is 69.0 Å². The first-order valence-corrected chi connectivity index (χ1v) is 4.83. The van der Waals surface area contributed by atoms with Crippen LogP contribution in [0.5, 0.6) is 0 Å². The SMILES string of the molecule is CC1CCC(C)C(CCl)C1. The molecule has 0 nitrogen and oxygen atoms in total. The minimum atomic E-state index is 0.797. The molecule has 10 heavy (non-hydrogen) atoms. The maximum Gasteiger partial charge on any atom is 0.0254 e. The highest BCUT2D eigenvalue weighted by Crippen LogP contribution is 2.33. The molecule has 0 heterocycles. The van der Waals surface area contributed by atoms with Crippen molar-refractivity contribution in [2.75, 3.05) is 5.88 Å². The quantitative estimate of drug-likeness (QED) is 0.517. The van der Waals surface area contributed by atoms with Gasteiger partial charge in [-0.05, 0) is 24.2 Å². The maximum absolute atomic E-state index is 5.84. The van der Waals surface area contributed by atoms with Crippen LogP contribution in [0.4, 0.5) is 0 Å². The van der Waals surface area contributed by atoms with E-state index < -0.39 is 0 Å². The smallest absolute Gasteiger partial charge is 0.0254 e. The molecule has 0 aromatic carbocycles. The van der Waals surface area contributed by atoms with Crippen molar-refractivity contribution in [2.24, 2.45) is 17.8 Å². The summed E-state index contributed by atoms with van der Waals surface area (Å²) >= 11 is 5.84. The number of halogens is 1. The van der Waals surface area contributed by atoms with E-state index in [-0.39, 0.29) is 0 Å². The maximum atomic E-state index is 5.84. The van der Waals surface area contributed by atoms with Gasteiger partial charge < -0.3 is 0 Å². The third kappa shape index (κ3) is 1.88. The molecule has 3 atom stereocenters. The third-order valence-electron chi connectivity index (χ3n) is 2.82. The number of hydrogen-bond donors (Lipinski definition) is 0. The Morgan fingerprint density at radius 3 is 2.50 bits per heavy atom. The monoisotopic (exact) mass is 160 g/mol. The van der Waals surface area contributed by atoms with Crippen LogP contribution in [0.15, 0.2) is 0 Å². The molecule has 1 saturated carbocycles. The summed E-state index contributed by atoms with van der Waals surface area (Å²) in [7, 11) is 0. The second-order valence-corrected chi connectivity index (χ2v) is 4.12. The van der Waals surface area contributed by atoms with Gasteiger partial charge in [-0.1, -0.05) is 26.7 Å². The van der Waals surface area contributed by atoms with E-state index in [4.69, 9.17) is 11.6 Å². The van der Waals surface area contributed by atoms with Crippen LogP contribution in [0.25, 0.3) is 0 Å². The summed E-state index contributed by atoms with van der Waals surface area (Å²) in [6.45, 7) is 4.67. The molecule has 0 spiro atoms. The van der Waals surface area contributed by atoms with E-state index in [9.17, 15) is 0 Å². The molecule has 0 aliphatic heterocycles. The van der Waals surface area contributed by atoms with Crippen LogP contribution in [0, 0.1) is 17.8 Å². The molecule has 1 fully saturated rings. The number of hydrogen-bond acceptors (Lipinski definition) is 0. The summed E-state index contributed by atoms with van der Waals surface area (Å²) in [5.74, 6) is 3.45. The highest BCUT2D eigenvalue weighted by Gasteiger charge is 2.24. The van der Waals surface area contributed by atoms with Crippen LogP contribution in [-0.4, -0.2) is 5.88 Å². The Balaban J connectivity index is 2.38. The molecule has 0 N–H and O–H groups in total. The zero-order chi connectivity index (χ0) is 7.56. The lowest BCUT2D eigenvalue weighted by Crippen LogP contribution is -2.22. The first-order chi connectivity index (χ1) is 4.74. The molecule has 3 unspecified atom stereocenters. The molecular weight excluding hydrogens is 144 g/mol. The fourth-order valence-electron chi connectivity index (χ4n) is 1.87. The normalized spacial score (nSPS) is 41.7. The topological polar surface area (TPSA) is 0 Å². The summed E-state index contributed by atoms with van der Waals surface area (Å²) in [6.07, 6.45) is 4.15. The van der Waals surface area contributed by atoms with E-state index in [1.807, 2.05) is 0 Å². The third-order valence-corrected chi connectivity index (χ3v) is 3.22. The van der Waals surface area contributed by atoms with Gasteiger partial charge in [-0.3, -0.25) is 0 Å². The lowest BCUT2D eigenvalue weighted by molar-refractivity contribution is 0.223. The first kappa shape index (κ1) is 8.39. The highest BCUT2D eigenvalue weighted by atomic mass is 35.5. The van der Waals surface area contributed by atoms with E-state index in [2.05, 4.69) is 13.8 Å². The van der Waals surface area contributed by atoms with Crippen molar-refractivity contribution in [3.05, 3.63) is 0 Å². The van der Waals surface area contributed by atoms with Crippen molar-refractivity contribution in [2.45, 2.75) is 33.1 Å². The molecule has 1 rings (SSSR count). The molecule has 1 heteroatoms. The molecule has 60 valence electrons. The zero-order valence-corrected chi connectivity index (χ0v) is 7.69. The molecule has 0 saturated heterocycles. The van der Waals surface area contributed by atoms with Crippen LogP contribution in [0.2, 0.25) is 0 Å². The minimum absolute atomic E-state index is 0.797. The van der Waals surface area contributed by atoms with E-state index in [0.29, 0.717) is 0 Å². The standard InChI is InChI=1S/C9H17Cl/c1-7-3-4-8(2)9(5-7)6-10/h7-9H,3-6H2,1-2H3. The summed E-state index contributed by atoms with van der Waals surface area (Å²) in [5, 5.41) is 0. The van der Waals surface area contributed by atoms with E-state index in [1.165, 1.54) is 19.3 Å². The largest absolute Gasteiger partial charge is 0.126 e. The van der Waals surface area contributed by atoms with Crippen molar-refractivity contribution < 1.29 is 0 Å². The summed E-state index contributed by atoms with van der Waals surface area (Å²) in [6, 6.07) is 0. The van der Waals surface area contributed by atoms with Gasteiger partial charge in [0.2, 0.25) is 0 Å². The molecule has 0 aromatic rings. The Hall–Kier alpha value is 0.290. The van der Waals surface area contributed by atoms with Gasteiger partial charge >= 0.3 is 0 Å². The average molecular weight is 161 g/mol. The lowest BCUT2D eigenvalue weighted by Gasteiger charge is -2.31. The van der Waals surface area contributed by atoms with Crippen LogP contribution >= 0.6 is 11.6 Å². The van der Waals surface area contributed by atoms with Crippen molar-refractivity contribution in [3.63, 3.8) is 0 Å². The highest BCUT2D eigenvalue weighted by molar-refractivity contribution is 6.18. The molecule has 0 amide bonds. The Bertz CT molecular complexity index is 101. The fraction of sp³-hybridized carbons (Fsp3) is 1.00. The molecule has 1 aliphatic rings. The first-order valence-electron chi connectivity index (χ1n) is 4.30. The Morgan fingerprint density at radius 2 is 2.00 bits per heavy atom. The Morgan fingerprint density at radius 1 is 1.30 bits per heavy atom. The molecule has 0 bridgehead atoms.